The van der Waals surface area contributed by atoms with Gasteiger partial charge < -0.3 is 4.74 Å². The van der Waals surface area contributed by atoms with Crippen LogP contribution in [0.25, 0.3) is 44.4 Å². The van der Waals surface area contributed by atoms with Gasteiger partial charge in [-0.1, -0.05) is 74.7 Å². The third-order valence-corrected chi connectivity index (χ3v) is 8.59. The third-order valence-electron chi connectivity index (χ3n) is 8.59. The fraction of sp³-hybridized carbons (Fsp3) is 0.200. The van der Waals surface area contributed by atoms with Gasteiger partial charge in [0.2, 0.25) is 0 Å². The highest BCUT2D eigenvalue weighted by molar-refractivity contribution is 6.09. The maximum atomic E-state index is 8.27. The van der Waals surface area contributed by atoms with E-state index in [9.17, 15) is 0 Å². The summed E-state index contributed by atoms with van der Waals surface area (Å²) in [5.74, 6) is 2.18. The van der Waals surface area contributed by atoms with E-state index in [1.165, 1.54) is 36.6 Å². The van der Waals surface area contributed by atoms with Gasteiger partial charge in [-0.05, 0) is 86.3 Å². The van der Waals surface area contributed by atoms with E-state index in [2.05, 4.69) is 91.0 Å². The van der Waals surface area contributed by atoms with Gasteiger partial charge in [0.05, 0.1) is 23.8 Å². The number of benzene rings is 4. The molecule has 0 amide bonds. The predicted octanol–water partition coefficient (Wildman–Crippen LogP) is 10.6. The Morgan fingerprint density at radius 3 is 2.47 bits per heavy atom. The molecule has 5 nitrogen and oxygen atoms in total. The van der Waals surface area contributed by atoms with Crippen molar-refractivity contribution in [2.24, 2.45) is 0 Å². The van der Waals surface area contributed by atoms with E-state index >= 15 is 0 Å². The van der Waals surface area contributed by atoms with Crippen molar-refractivity contribution in [2.75, 3.05) is 0 Å². The molecule has 0 radical (unpaired) electrons. The second-order valence-electron chi connectivity index (χ2n) is 11.7. The van der Waals surface area contributed by atoms with Crippen LogP contribution in [0.2, 0.25) is 0 Å². The Kier molecular flexibility index (Phi) is 7.58. The summed E-state index contributed by atoms with van der Waals surface area (Å²) in [6, 6.07) is 35.4. The van der Waals surface area contributed by atoms with Crippen LogP contribution >= 0.6 is 0 Å². The summed E-state index contributed by atoms with van der Waals surface area (Å²) < 4.78 is 18.9. The number of rotatable bonds is 10. The van der Waals surface area contributed by atoms with E-state index in [0.717, 1.165) is 68.4 Å². The zero-order valence-electron chi connectivity index (χ0n) is 27.1. The summed E-state index contributed by atoms with van der Waals surface area (Å²) in [6.07, 6.45) is 7.74. The van der Waals surface area contributed by atoms with Crippen molar-refractivity contribution in [3.05, 3.63) is 132 Å². The fourth-order valence-corrected chi connectivity index (χ4v) is 6.44. The van der Waals surface area contributed by atoms with Crippen LogP contribution in [0.1, 0.15) is 50.9 Å². The van der Waals surface area contributed by atoms with Crippen molar-refractivity contribution in [3.8, 4) is 34.1 Å². The van der Waals surface area contributed by atoms with Crippen LogP contribution in [-0.2, 0) is 6.42 Å². The number of hydrogen-bond donors (Lipinski definition) is 0. The molecule has 0 N–H and O–H groups in total. The molecule has 45 heavy (non-hydrogen) atoms. The van der Waals surface area contributed by atoms with Crippen molar-refractivity contribution in [3.63, 3.8) is 0 Å². The van der Waals surface area contributed by atoms with Crippen molar-refractivity contribution in [2.45, 2.75) is 52.9 Å². The Bertz CT molecular complexity index is 2160. The SMILES string of the molecule is [2H]c1ccnc(-n2c3ccc(CCCCCC)cc3c3ccc(Oc4cccc(-n5nc(C)c(-c6ccccc6)c5C)c4)cc32)c1. The first kappa shape index (κ1) is 27.4. The van der Waals surface area contributed by atoms with Crippen LogP contribution in [0.15, 0.2) is 115 Å². The second-order valence-corrected chi connectivity index (χ2v) is 11.7. The van der Waals surface area contributed by atoms with Gasteiger partial charge in [-0.3, -0.25) is 4.57 Å². The van der Waals surface area contributed by atoms with Crippen molar-refractivity contribution in [1.82, 2.24) is 19.3 Å². The molecule has 0 aliphatic rings. The van der Waals surface area contributed by atoms with Crippen molar-refractivity contribution < 1.29 is 6.11 Å². The molecule has 0 atom stereocenters. The van der Waals surface area contributed by atoms with E-state index in [1.54, 1.807) is 12.3 Å². The Balaban J connectivity index is 1.26. The average molecular weight is 592 g/mol. The van der Waals surface area contributed by atoms with Gasteiger partial charge >= 0.3 is 0 Å². The highest BCUT2D eigenvalue weighted by Crippen LogP contribution is 2.36. The number of ether oxygens (including phenoxy) is 1. The smallest absolute Gasteiger partial charge is 0.137 e. The van der Waals surface area contributed by atoms with E-state index in [4.69, 9.17) is 11.2 Å². The first-order valence-electron chi connectivity index (χ1n) is 16.4. The van der Waals surface area contributed by atoms with Crippen LogP contribution < -0.4 is 4.74 Å². The minimum atomic E-state index is 0.427. The highest BCUT2D eigenvalue weighted by Gasteiger charge is 2.17. The Morgan fingerprint density at radius 1 is 0.756 bits per heavy atom. The minimum absolute atomic E-state index is 0.427. The number of aryl methyl sites for hydroxylation is 2. The van der Waals surface area contributed by atoms with Gasteiger partial charge in [0.1, 0.15) is 17.3 Å². The average Bonchev–Trinajstić information content (AvgIpc) is 3.55. The van der Waals surface area contributed by atoms with Crippen molar-refractivity contribution in [1.29, 1.82) is 0 Å². The first-order chi connectivity index (χ1) is 22.5. The topological polar surface area (TPSA) is 44.9 Å². The zero-order chi connectivity index (χ0) is 31.6. The zero-order valence-corrected chi connectivity index (χ0v) is 26.1. The lowest BCUT2D eigenvalue weighted by atomic mass is 10.0. The molecule has 0 aliphatic heterocycles. The lowest BCUT2D eigenvalue weighted by Crippen LogP contribution is -1.99. The van der Waals surface area contributed by atoms with Gasteiger partial charge in [0, 0.05) is 40.4 Å². The molecular weight excluding hydrogens is 552 g/mol. The molecule has 4 aromatic carbocycles. The molecule has 224 valence electrons. The van der Waals surface area contributed by atoms with Crippen LogP contribution in [-0.4, -0.2) is 19.3 Å². The van der Waals surface area contributed by atoms with E-state index < -0.39 is 0 Å². The summed E-state index contributed by atoms with van der Waals surface area (Å²) >= 11 is 0. The summed E-state index contributed by atoms with van der Waals surface area (Å²) in [5.41, 5.74) is 8.75. The number of pyridine rings is 1. The molecule has 0 unspecified atom stereocenters. The third kappa shape index (κ3) is 5.62. The molecule has 7 aromatic rings. The molecule has 7 rings (SSSR count). The maximum Gasteiger partial charge on any atom is 0.137 e. The van der Waals surface area contributed by atoms with E-state index in [0.29, 0.717) is 6.04 Å². The van der Waals surface area contributed by atoms with Crippen LogP contribution in [0.5, 0.6) is 11.5 Å². The molecule has 3 heterocycles. The quantitative estimate of drug-likeness (QED) is 0.149. The molecule has 0 spiro atoms. The monoisotopic (exact) mass is 591 g/mol. The Morgan fingerprint density at radius 2 is 1.62 bits per heavy atom. The number of unbranched alkanes of at least 4 members (excludes halogenated alkanes) is 3. The number of aromatic nitrogens is 4. The lowest BCUT2D eigenvalue weighted by molar-refractivity contribution is 0.483. The standard InChI is InChI=1S/C40H38N4O/c1-4-5-6-8-14-30-20-23-37-36(25-30)35-22-21-34(27-38(35)43(37)39-19-11-12-24-41-39)45-33-18-13-17-32(26-33)44-29(3)40(28(2)42-44)31-15-9-7-10-16-31/h7,9-13,15-27H,4-6,8,14H2,1-3H3/i11D. The normalized spacial score (nSPS) is 11.8. The largest absolute Gasteiger partial charge is 0.457 e. The van der Waals surface area contributed by atoms with Gasteiger partial charge in [-0.2, -0.15) is 5.10 Å². The van der Waals surface area contributed by atoms with E-state index in [1.807, 2.05) is 41.1 Å². The van der Waals surface area contributed by atoms with Crippen LogP contribution in [0.4, 0.5) is 0 Å². The molecule has 0 aliphatic carbocycles. The Labute approximate surface area is 266 Å². The lowest BCUT2D eigenvalue weighted by Gasteiger charge is -2.11. The van der Waals surface area contributed by atoms with Gasteiger partial charge in [-0.15, -0.1) is 0 Å². The number of fused-ring (bicyclic) bond motifs is 3. The first-order valence-corrected chi connectivity index (χ1v) is 15.9. The molecule has 0 bridgehead atoms. The fourth-order valence-electron chi connectivity index (χ4n) is 6.44. The summed E-state index contributed by atoms with van der Waals surface area (Å²) in [4.78, 5) is 4.67. The summed E-state index contributed by atoms with van der Waals surface area (Å²) in [7, 11) is 0. The molecule has 3 aromatic heterocycles. The number of nitrogens with zero attached hydrogens (tertiary/aromatic N) is 4. The van der Waals surface area contributed by atoms with Gasteiger partial charge in [0.15, 0.2) is 0 Å². The maximum absolute atomic E-state index is 8.27. The van der Waals surface area contributed by atoms with Crippen LogP contribution in [0.3, 0.4) is 0 Å². The second kappa shape index (κ2) is 12.4. The van der Waals surface area contributed by atoms with Gasteiger partial charge in [0.25, 0.3) is 0 Å². The Hall–Kier alpha value is -5.16. The minimum Gasteiger partial charge on any atom is -0.457 e. The predicted molar refractivity (Wildman–Crippen MR) is 185 cm³/mol. The van der Waals surface area contributed by atoms with Gasteiger partial charge in [-0.25, -0.2) is 9.67 Å². The molecule has 5 heteroatoms. The molecule has 0 saturated heterocycles. The van der Waals surface area contributed by atoms with Crippen LogP contribution in [0, 0.1) is 13.8 Å². The summed E-state index contributed by atoms with van der Waals surface area (Å²) in [5, 5.41) is 7.22. The molecular formula is C40H38N4O. The molecule has 0 fully saturated rings. The molecule has 0 saturated carbocycles. The van der Waals surface area contributed by atoms with Crippen molar-refractivity contribution >= 4 is 21.8 Å². The number of hydrogen-bond acceptors (Lipinski definition) is 3. The van der Waals surface area contributed by atoms with E-state index in [-0.39, 0.29) is 0 Å². The highest BCUT2D eigenvalue weighted by atomic mass is 16.5. The summed E-state index contributed by atoms with van der Waals surface area (Å²) in [6.45, 7) is 6.42.